The van der Waals surface area contributed by atoms with Gasteiger partial charge in [0.15, 0.2) is 0 Å². The summed E-state index contributed by atoms with van der Waals surface area (Å²) in [6.07, 6.45) is 6.99. The van der Waals surface area contributed by atoms with Gasteiger partial charge in [0, 0.05) is 30.4 Å². The quantitative estimate of drug-likeness (QED) is 0.764. The molecule has 0 unspecified atom stereocenters. The molecule has 1 fully saturated rings. The van der Waals surface area contributed by atoms with E-state index in [2.05, 4.69) is 46.1 Å². The van der Waals surface area contributed by atoms with Crippen molar-refractivity contribution in [3.8, 4) is 0 Å². The van der Waals surface area contributed by atoms with Gasteiger partial charge in [0.05, 0.1) is 0 Å². The number of hydrogen-bond donors (Lipinski definition) is 1. The fourth-order valence-corrected chi connectivity index (χ4v) is 2.76. The fraction of sp³-hybridized carbons (Fsp3) is 0.667. The molecule has 0 spiro atoms. The second kappa shape index (κ2) is 6.71. The molecule has 2 rings (SSSR count). The van der Waals surface area contributed by atoms with Gasteiger partial charge < -0.3 is 10.1 Å². The van der Waals surface area contributed by atoms with E-state index in [1.807, 2.05) is 6.20 Å². The summed E-state index contributed by atoms with van der Waals surface area (Å²) in [6.45, 7) is 6.85. The first-order valence-electron chi connectivity index (χ1n) is 7.09. The maximum atomic E-state index is 5.50. The predicted molar refractivity (Wildman–Crippen MR) is 82.6 cm³/mol. The Balaban J connectivity index is 1.86. The van der Waals surface area contributed by atoms with Gasteiger partial charge in [0.1, 0.15) is 5.82 Å². The van der Waals surface area contributed by atoms with Crippen molar-refractivity contribution in [1.82, 2.24) is 4.98 Å². The zero-order valence-electron chi connectivity index (χ0n) is 11.8. The van der Waals surface area contributed by atoms with Crippen molar-refractivity contribution >= 4 is 21.7 Å². The molecule has 0 saturated heterocycles. The first kappa shape index (κ1) is 14.8. The third kappa shape index (κ3) is 3.93. The number of nitrogens with one attached hydrogen (secondary N) is 1. The molecule has 19 heavy (non-hydrogen) atoms. The molecule has 0 radical (unpaired) electrons. The molecule has 1 aliphatic rings. The van der Waals surface area contributed by atoms with Crippen LogP contribution in [0.15, 0.2) is 16.7 Å². The Morgan fingerprint density at radius 1 is 1.47 bits per heavy atom. The second-order valence-corrected chi connectivity index (χ2v) is 6.33. The molecule has 0 atom stereocenters. The first-order valence-corrected chi connectivity index (χ1v) is 7.88. The summed E-state index contributed by atoms with van der Waals surface area (Å²) in [7, 11) is 0. The first-order chi connectivity index (χ1) is 9.15. The van der Waals surface area contributed by atoms with Gasteiger partial charge in [-0.15, -0.1) is 0 Å². The van der Waals surface area contributed by atoms with Crippen LogP contribution >= 0.6 is 15.9 Å². The molecule has 0 amide bonds. The van der Waals surface area contributed by atoms with Crippen LogP contribution in [-0.4, -0.2) is 24.7 Å². The highest BCUT2D eigenvalue weighted by Gasteiger charge is 2.36. The number of hydrogen-bond acceptors (Lipinski definition) is 3. The Morgan fingerprint density at radius 3 is 2.84 bits per heavy atom. The van der Waals surface area contributed by atoms with Gasteiger partial charge >= 0.3 is 0 Å². The second-order valence-electron chi connectivity index (χ2n) is 5.47. The molecule has 0 bridgehead atoms. The number of aromatic nitrogens is 1. The molecule has 1 saturated carbocycles. The third-order valence-electron chi connectivity index (χ3n) is 4.09. The van der Waals surface area contributed by atoms with Crippen LogP contribution < -0.4 is 5.32 Å². The van der Waals surface area contributed by atoms with Crippen LogP contribution in [0.4, 0.5) is 5.82 Å². The van der Waals surface area contributed by atoms with E-state index in [9.17, 15) is 0 Å². The average Bonchev–Trinajstić information content (AvgIpc) is 2.36. The van der Waals surface area contributed by atoms with Crippen molar-refractivity contribution < 1.29 is 4.74 Å². The minimum atomic E-state index is 0.428. The standard InChI is InChI=1S/C15H23BrN2O/c1-3-19-8-7-15(5-4-6-15)11-18-14-9-12(2)13(16)10-17-14/h9-10H,3-8,11H2,1-2H3,(H,17,18). The van der Waals surface area contributed by atoms with Gasteiger partial charge in [0.25, 0.3) is 0 Å². The number of rotatable bonds is 7. The molecular formula is C15H23BrN2O. The largest absolute Gasteiger partial charge is 0.382 e. The van der Waals surface area contributed by atoms with Crippen LogP contribution in [0.2, 0.25) is 0 Å². The van der Waals surface area contributed by atoms with Crippen molar-refractivity contribution in [1.29, 1.82) is 0 Å². The van der Waals surface area contributed by atoms with Crippen LogP contribution in [-0.2, 0) is 4.74 Å². The van der Waals surface area contributed by atoms with Gasteiger partial charge in [0.2, 0.25) is 0 Å². The van der Waals surface area contributed by atoms with E-state index in [0.717, 1.165) is 36.5 Å². The average molecular weight is 327 g/mol. The normalized spacial score (nSPS) is 17.0. The highest BCUT2D eigenvalue weighted by Crippen LogP contribution is 2.43. The molecule has 0 aliphatic heterocycles. The lowest BCUT2D eigenvalue weighted by Gasteiger charge is -2.42. The molecule has 0 aromatic carbocycles. The van der Waals surface area contributed by atoms with Crippen LogP contribution in [0.25, 0.3) is 0 Å². The maximum absolute atomic E-state index is 5.50. The van der Waals surface area contributed by atoms with Crippen molar-refractivity contribution in [3.05, 3.63) is 22.3 Å². The van der Waals surface area contributed by atoms with Gasteiger partial charge in [-0.25, -0.2) is 4.98 Å². The van der Waals surface area contributed by atoms with Crippen molar-refractivity contribution in [2.45, 2.75) is 39.5 Å². The lowest BCUT2D eigenvalue weighted by Crippen LogP contribution is -2.37. The SMILES string of the molecule is CCOCCC1(CNc2cc(C)c(Br)cn2)CCC1. The Hall–Kier alpha value is -0.610. The van der Waals surface area contributed by atoms with Gasteiger partial charge in [-0.3, -0.25) is 0 Å². The summed E-state index contributed by atoms with van der Waals surface area (Å²) in [4.78, 5) is 4.41. The highest BCUT2D eigenvalue weighted by molar-refractivity contribution is 9.10. The van der Waals surface area contributed by atoms with Crippen molar-refractivity contribution in [2.24, 2.45) is 5.41 Å². The number of nitrogens with zero attached hydrogens (tertiary/aromatic N) is 1. The highest BCUT2D eigenvalue weighted by atomic mass is 79.9. The summed E-state index contributed by atoms with van der Waals surface area (Å²) < 4.78 is 6.56. The Bertz CT molecular complexity index is 419. The number of aryl methyl sites for hydroxylation is 1. The molecule has 1 aromatic rings. The summed E-state index contributed by atoms with van der Waals surface area (Å²) in [5.74, 6) is 0.975. The predicted octanol–water partition coefficient (Wildman–Crippen LogP) is 4.16. The van der Waals surface area contributed by atoms with Crippen molar-refractivity contribution in [2.75, 3.05) is 25.1 Å². The lowest BCUT2D eigenvalue weighted by atomic mass is 9.67. The minimum absolute atomic E-state index is 0.428. The van der Waals surface area contributed by atoms with Gasteiger partial charge in [-0.1, -0.05) is 6.42 Å². The molecule has 1 aromatic heterocycles. The topological polar surface area (TPSA) is 34.1 Å². The van der Waals surface area contributed by atoms with E-state index >= 15 is 0 Å². The monoisotopic (exact) mass is 326 g/mol. The van der Waals surface area contributed by atoms with E-state index < -0.39 is 0 Å². The fourth-order valence-electron chi connectivity index (χ4n) is 2.54. The Morgan fingerprint density at radius 2 is 2.26 bits per heavy atom. The van der Waals surface area contributed by atoms with Gasteiger partial charge in [-0.05, 0) is 66.1 Å². The van der Waals surface area contributed by atoms with Crippen molar-refractivity contribution in [3.63, 3.8) is 0 Å². The van der Waals surface area contributed by atoms with E-state index in [0.29, 0.717) is 5.41 Å². The molecule has 1 N–H and O–H groups in total. The lowest BCUT2D eigenvalue weighted by molar-refractivity contribution is 0.0636. The summed E-state index contributed by atoms with van der Waals surface area (Å²) in [6, 6.07) is 2.10. The summed E-state index contributed by atoms with van der Waals surface area (Å²) >= 11 is 3.48. The number of halogens is 1. The van der Waals surface area contributed by atoms with Gasteiger partial charge in [-0.2, -0.15) is 0 Å². The number of pyridine rings is 1. The minimum Gasteiger partial charge on any atom is -0.382 e. The Kier molecular flexibility index (Phi) is 5.22. The van der Waals surface area contributed by atoms with Crippen LogP contribution in [0.3, 0.4) is 0 Å². The molecule has 1 aliphatic carbocycles. The zero-order valence-corrected chi connectivity index (χ0v) is 13.4. The summed E-state index contributed by atoms with van der Waals surface area (Å²) in [5, 5.41) is 3.49. The molecule has 4 heteroatoms. The Labute approximate surface area is 124 Å². The molecular weight excluding hydrogens is 304 g/mol. The van der Waals surface area contributed by atoms with Crippen LogP contribution in [0.1, 0.15) is 38.2 Å². The van der Waals surface area contributed by atoms with E-state index in [4.69, 9.17) is 4.74 Å². The van der Waals surface area contributed by atoms with E-state index in [1.165, 1.54) is 24.8 Å². The third-order valence-corrected chi connectivity index (χ3v) is 4.92. The molecule has 106 valence electrons. The smallest absolute Gasteiger partial charge is 0.126 e. The summed E-state index contributed by atoms with van der Waals surface area (Å²) in [5.41, 5.74) is 1.65. The van der Waals surface area contributed by atoms with Crippen LogP contribution in [0, 0.1) is 12.3 Å². The van der Waals surface area contributed by atoms with E-state index in [-0.39, 0.29) is 0 Å². The number of anilines is 1. The molecule has 3 nitrogen and oxygen atoms in total. The maximum Gasteiger partial charge on any atom is 0.126 e. The number of ether oxygens (including phenoxy) is 1. The zero-order chi connectivity index (χ0) is 13.7. The molecule has 1 heterocycles. The van der Waals surface area contributed by atoms with Crippen LogP contribution in [0.5, 0.6) is 0 Å². The van der Waals surface area contributed by atoms with E-state index in [1.54, 1.807) is 0 Å².